The van der Waals surface area contributed by atoms with Crippen LogP contribution in [0, 0.1) is 0 Å². The van der Waals surface area contributed by atoms with E-state index in [1.54, 1.807) is 13.8 Å². The van der Waals surface area contributed by atoms with Crippen LogP contribution in [0.3, 0.4) is 0 Å². The predicted octanol–water partition coefficient (Wildman–Crippen LogP) is 0.0496. The SMILES string of the molecule is CC(CCl)OP(=S)([S-])OC(C)CCl.[Na+]. The topological polar surface area (TPSA) is 18.5 Å². The van der Waals surface area contributed by atoms with E-state index in [0.29, 0.717) is 11.8 Å². The summed E-state index contributed by atoms with van der Waals surface area (Å²) in [5.74, 6) is 0.710. The van der Waals surface area contributed by atoms with Gasteiger partial charge in [-0.15, -0.1) is 23.2 Å². The summed E-state index contributed by atoms with van der Waals surface area (Å²) < 4.78 is 10.6. The normalized spacial score (nSPS) is 19.2. The first-order valence-electron chi connectivity index (χ1n) is 3.71. The predicted molar refractivity (Wildman–Crippen MR) is 64.2 cm³/mol. The first-order valence-corrected chi connectivity index (χ1v) is 8.43. The van der Waals surface area contributed by atoms with E-state index in [1.807, 2.05) is 0 Å². The molecule has 0 aromatic heterocycles. The summed E-state index contributed by atoms with van der Waals surface area (Å²) in [6.07, 6.45) is -0.347. The Morgan fingerprint density at radius 2 is 1.50 bits per heavy atom. The van der Waals surface area contributed by atoms with E-state index in [-0.39, 0.29) is 41.8 Å². The van der Waals surface area contributed by atoms with Gasteiger partial charge in [0, 0.05) is 11.8 Å². The van der Waals surface area contributed by atoms with E-state index >= 15 is 0 Å². The Balaban J connectivity index is 0. The van der Waals surface area contributed by atoms with Crippen LogP contribution in [0.4, 0.5) is 0 Å². The Labute approximate surface area is 128 Å². The van der Waals surface area contributed by atoms with Crippen molar-refractivity contribution in [3.8, 4) is 0 Å². The van der Waals surface area contributed by atoms with Crippen molar-refractivity contribution < 1.29 is 38.6 Å². The van der Waals surface area contributed by atoms with Gasteiger partial charge in [-0.2, -0.15) is 0 Å². The molecule has 0 aliphatic carbocycles. The van der Waals surface area contributed by atoms with Crippen LogP contribution in [-0.2, 0) is 33.1 Å². The Hall–Kier alpha value is 2.50. The van der Waals surface area contributed by atoms with E-state index in [0.717, 1.165) is 0 Å². The minimum Gasteiger partial charge on any atom is -0.691 e. The van der Waals surface area contributed by atoms with Crippen LogP contribution in [0.1, 0.15) is 13.8 Å². The molecule has 0 N–H and O–H groups in total. The fourth-order valence-electron chi connectivity index (χ4n) is 0.522. The first kappa shape index (κ1) is 18.9. The van der Waals surface area contributed by atoms with Crippen molar-refractivity contribution in [2.24, 2.45) is 0 Å². The van der Waals surface area contributed by atoms with Crippen molar-refractivity contribution in [2.45, 2.75) is 26.1 Å². The van der Waals surface area contributed by atoms with Crippen molar-refractivity contribution in [2.75, 3.05) is 11.8 Å². The van der Waals surface area contributed by atoms with Crippen molar-refractivity contribution in [3.63, 3.8) is 0 Å². The third-order valence-electron chi connectivity index (χ3n) is 1.05. The van der Waals surface area contributed by atoms with Gasteiger partial charge in [-0.05, 0) is 13.8 Å². The Bertz CT molecular complexity index is 183. The smallest absolute Gasteiger partial charge is 0.691 e. The molecule has 8 heteroatoms. The number of hydrogen-bond donors (Lipinski definition) is 0. The average Bonchev–Trinajstić information content (AvgIpc) is 2.02. The van der Waals surface area contributed by atoms with Gasteiger partial charge in [0.25, 0.3) is 0 Å². The molecule has 0 amide bonds. The zero-order chi connectivity index (χ0) is 10.5. The van der Waals surface area contributed by atoms with Gasteiger partial charge in [0.05, 0.1) is 17.9 Å². The van der Waals surface area contributed by atoms with Gasteiger partial charge in [0.1, 0.15) is 0 Å². The number of hydrogen-bond acceptors (Lipinski definition) is 4. The Morgan fingerprint density at radius 3 is 1.71 bits per heavy atom. The third-order valence-corrected chi connectivity index (χ3v) is 4.19. The summed E-state index contributed by atoms with van der Waals surface area (Å²) in [4.78, 5) is 0. The second kappa shape index (κ2) is 9.52. The van der Waals surface area contributed by atoms with E-state index in [4.69, 9.17) is 56.3 Å². The van der Waals surface area contributed by atoms with Crippen molar-refractivity contribution in [1.29, 1.82) is 0 Å². The number of halogens is 2. The second-order valence-electron chi connectivity index (χ2n) is 2.59. The standard InChI is InChI=1S/C6H13Cl2O2PS2.Na/c1-5(3-7)9-11(12,13)10-6(2)4-8;/h5-6H,3-4H2,1-2H3,(H,12,13);/q;+1/p-1. The number of rotatable bonds is 6. The van der Waals surface area contributed by atoms with Crippen LogP contribution in [0.25, 0.3) is 0 Å². The summed E-state index contributed by atoms with van der Waals surface area (Å²) in [6.45, 7) is 3.60. The van der Waals surface area contributed by atoms with Gasteiger partial charge in [-0.3, -0.25) is 0 Å². The van der Waals surface area contributed by atoms with Gasteiger partial charge < -0.3 is 21.3 Å². The molecule has 0 rings (SSSR count). The molecule has 0 saturated heterocycles. The maximum Gasteiger partial charge on any atom is 1.00 e. The molecular weight excluding hydrogens is 293 g/mol. The molecule has 0 aliphatic heterocycles. The quantitative estimate of drug-likeness (QED) is 0.299. The van der Waals surface area contributed by atoms with Gasteiger partial charge in [-0.1, -0.05) is 11.8 Å². The molecule has 0 heterocycles. The molecule has 80 valence electrons. The third kappa shape index (κ3) is 9.71. The van der Waals surface area contributed by atoms with Crippen molar-refractivity contribution in [3.05, 3.63) is 0 Å². The molecule has 2 nitrogen and oxygen atoms in total. The molecule has 0 aromatic carbocycles. The molecule has 0 fully saturated rings. The maximum atomic E-state index is 5.55. The van der Waals surface area contributed by atoms with Crippen molar-refractivity contribution >= 4 is 53.0 Å². The van der Waals surface area contributed by atoms with Crippen LogP contribution < -0.4 is 29.6 Å². The first-order chi connectivity index (χ1) is 5.91. The summed E-state index contributed by atoms with van der Waals surface area (Å²) in [7, 11) is 0. The summed E-state index contributed by atoms with van der Waals surface area (Å²) >= 11 is 21.1. The molecule has 0 aliphatic rings. The molecule has 0 saturated carbocycles. The van der Waals surface area contributed by atoms with Crippen LogP contribution in [-0.4, -0.2) is 24.0 Å². The van der Waals surface area contributed by atoms with E-state index in [1.165, 1.54) is 0 Å². The van der Waals surface area contributed by atoms with Crippen LogP contribution in [0.2, 0.25) is 0 Å². The fourth-order valence-corrected chi connectivity index (χ4v) is 3.67. The molecule has 2 atom stereocenters. The summed E-state index contributed by atoms with van der Waals surface area (Å²) in [6, 6.07) is 0. The van der Waals surface area contributed by atoms with Crippen LogP contribution in [0.15, 0.2) is 0 Å². The minimum absolute atomic E-state index is 0. The van der Waals surface area contributed by atoms with Gasteiger partial charge in [-0.25, -0.2) is 0 Å². The molecule has 0 radical (unpaired) electrons. The van der Waals surface area contributed by atoms with E-state index in [2.05, 4.69) is 0 Å². The molecular formula is C6H12Cl2NaO2PS2. The van der Waals surface area contributed by atoms with Gasteiger partial charge in [0.2, 0.25) is 0 Å². The summed E-state index contributed by atoms with van der Waals surface area (Å²) in [5, 5.41) is 0. The molecule has 0 spiro atoms. The van der Waals surface area contributed by atoms with E-state index in [9.17, 15) is 0 Å². The van der Waals surface area contributed by atoms with Gasteiger partial charge in [0.15, 0.2) is 0 Å². The molecule has 0 aromatic rings. The summed E-state index contributed by atoms with van der Waals surface area (Å²) in [5.41, 5.74) is -2.59. The molecule has 0 bridgehead atoms. The maximum absolute atomic E-state index is 5.55. The Kier molecular flexibility index (Phi) is 12.8. The number of alkyl halides is 2. The zero-order valence-corrected chi connectivity index (χ0v) is 14.4. The second-order valence-corrected chi connectivity index (χ2v) is 8.10. The molecule has 14 heavy (non-hydrogen) atoms. The van der Waals surface area contributed by atoms with E-state index < -0.39 is 5.69 Å². The zero-order valence-electron chi connectivity index (χ0n) is 8.41. The monoisotopic (exact) mass is 304 g/mol. The molecule has 2 unspecified atom stereocenters. The van der Waals surface area contributed by atoms with Gasteiger partial charge >= 0.3 is 29.6 Å². The Morgan fingerprint density at radius 1 is 1.21 bits per heavy atom. The van der Waals surface area contributed by atoms with Crippen LogP contribution >= 0.6 is 28.9 Å². The average molecular weight is 305 g/mol. The minimum atomic E-state index is -2.59. The fraction of sp³-hybridized carbons (Fsp3) is 1.00. The largest absolute Gasteiger partial charge is 1.00 e. The van der Waals surface area contributed by atoms with Crippen molar-refractivity contribution in [1.82, 2.24) is 0 Å². The van der Waals surface area contributed by atoms with Crippen LogP contribution in [0.5, 0.6) is 0 Å².